The molecular weight excluding hydrogens is 581 g/mol. The summed E-state index contributed by atoms with van der Waals surface area (Å²) in [6.07, 6.45) is 1.73. The van der Waals surface area contributed by atoms with Gasteiger partial charge >= 0.3 is 0 Å². The monoisotopic (exact) mass is 597 g/mol. The number of carbonyl (C=O) groups excluding carboxylic acids is 2. The lowest BCUT2D eigenvalue weighted by atomic mass is 10.1. The lowest BCUT2D eigenvalue weighted by Crippen LogP contribution is -2.27. The van der Waals surface area contributed by atoms with Crippen molar-refractivity contribution < 1.29 is 14.3 Å². The fraction of sp³-hybridized carbons (Fsp3) is 0.0370. The average molecular weight is 598 g/mol. The second kappa shape index (κ2) is 9.82. The van der Waals surface area contributed by atoms with E-state index in [0.717, 1.165) is 37.1 Å². The predicted octanol–water partition coefficient (Wildman–Crippen LogP) is 7.92. The minimum atomic E-state index is -0.358. The molecule has 0 aliphatic carbocycles. The lowest BCUT2D eigenvalue weighted by molar-refractivity contribution is -0.113. The summed E-state index contributed by atoms with van der Waals surface area (Å²) >= 11 is 9.17. The van der Waals surface area contributed by atoms with E-state index in [1.807, 2.05) is 36.4 Å². The van der Waals surface area contributed by atoms with Crippen molar-refractivity contribution in [3.05, 3.63) is 110 Å². The number of hydrogen-bond donors (Lipinski definition) is 0. The standard InChI is InChI=1S/C27H17ClINO3S/c28-20-8-4-9-21(15-20)30-26(31)25(34-27(30)32)14-17-11-12-24(23(29)13-17)33-16-19-7-3-6-18-5-1-2-10-22(18)19/h1-15H,16H2/b25-14+. The molecule has 0 bridgehead atoms. The van der Waals surface area contributed by atoms with Gasteiger partial charge in [-0.15, -0.1) is 0 Å². The minimum absolute atomic E-state index is 0.344. The van der Waals surface area contributed by atoms with Gasteiger partial charge in [0.25, 0.3) is 11.1 Å². The number of halogens is 2. The van der Waals surface area contributed by atoms with Crippen LogP contribution in [0.3, 0.4) is 0 Å². The summed E-state index contributed by atoms with van der Waals surface area (Å²) in [4.78, 5) is 26.9. The van der Waals surface area contributed by atoms with Crippen LogP contribution in [0, 0.1) is 3.57 Å². The molecule has 4 aromatic rings. The first-order valence-electron chi connectivity index (χ1n) is 10.4. The van der Waals surface area contributed by atoms with Gasteiger partial charge in [0.1, 0.15) is 12.4 Å². The first-order valence-corrected chi connectivity index (χ1v) is 12.7. The van der Waals surface area contributed by atoms with E-state index in [2.05, 4.69) is 46.9 Å². The van der Waals surface area contributed by atoms with E-state index in [0.29, 0.717) is 22.2 Å². The minimum Gasteiger partial charge on any atom is -0.488 e. The van der Waals surface area contributed by atoms with Crippen LogP contribution >= 0.6 is 46.0 Å². The maximum absolute atomic E-state index is 12.9. The molecule has 34 heavy (non-hydrogen) atoms. The van der Waals surface area contributed by atoms with Crippen LogP contribution in [0.25, 0.3) is 16.8 Å². The SMILES string of the molecule is O=C1S/C(=C/c2ccc(OCc3cccc4ccccc34)c(I)c2)C(=O)N1c1cccc(Cl)c1. The molecule has 1 heterocycles. The zero-order valence-corrected chi connectivity index (χ0v) is 21.4. The molecule has 4 nitrogen and oxygen atoms in total. The Morgan fingerprint density at radius 2 is 1.74 bits per heavy atom. The first kappa shape index (κ1) is 23.0. The van der Waals surface area contributed by atoms with Crippen LogP contribution < -0.4 is 9.64 Å². The Balaban J connectivity index is 1.34. The van der Waals surface area contributed by atoms with E-state index in [4.69, 9.17) is 16.3 Å². The molecule has 1 saturated heterocycles. The topological polar surface area (TPSA) is 46.6 Å². The molecular formula is C27H17ClINO3S. The van der Waals surface area contributed by atoms with Crippen molar-refractivity contribution in [2.75, 3.05) is 4.90 Å². The second-order valence-corrected chi connectivity index (χ2v) is 10.2. The molecule has 0 aromatic heterocycles. The zero-order valence-electron chi connectivity index (χ0n) is 17.7. The van der Waals surface area contributed by atoms with E-state index in [1.165, 1.54) is 10.8 Å². The second-order valence-electron chi connectivity index (χ2n) is 7.61. The van der Waals surface area contributed by atoms with Gasteiger partial charge in [0.05, 0.1) is 14.2 Å². The molecule has 0 radical (unpaired) electrons. The van der Waals surface area contributed by atoms with Gasteiger partial charge in [-0.1, -0.05) is 66.2 Å². The van der Waals surface area contributed by atoms with Crippen molar-refractivity contribution in [1.82, 2.24) is 0 Å². The third-order valence-corrected chi connectivity index (χ3v) is 7.32. The molecule has 1 aliphatic heterocycles. The zero-order chi connectivity index (χ0) is 23.7. The largest absolute Gasteiger partial charge is 0.488 e. The first-order chi connectivity index (χ1) is 16.5. The van der Waals surface area contributed by atoms with E-state index in [1.54, 1.807) is 30.3 Å². The van der Waals surface area contributed by atoms with Gasteiger partial charge in [0.2, 0.25) is 0 Å². The Bertz CT molecular complexity index is 1460. The highest BCUT2D eigenvalue weighted by Crippen LogP contribution is 2.37. The fourth-order valence-corrected chi connectivity index (χ4v) is 5.48. The number of nitrogens with zero attached hydrogens (tertiary/aromatic N) is 1. The van der Waals surface area contributed by atoms with Gasteiger partial charge in [-0.3, -0.25) is 9.59 Å². The molecule has 0 atom stereocenters. The smallest absolute Gasteiger partial charge is 0.298 e. The summed E-state index contributed by atoms with van der Waals surface area (Å²) in [7, 11) is 0. The van der Waals surface area contributed by atoms with E-state index in [-0.39, 0.29) is 11.1 Å². The van der Waals surface area contributed by atoms with Crippen LogP contribution in [0.4, 0.5) is 10.5 Å². The summed E-state index contributed by atoms with van der Waals surface area (Å²) in [6, 6.07) is 26.8. The highest BCUT2D eigenvalue weighted by molar-refractivity contribution is 14.1. The van der Waals surface area contributed by atoms with Gasteiger partial charge in [-0.05, 0) is 92.7 Å². The molecule has 7 heteroatoms. The number of benzene rings is 4. The number of thioether (sulfide) groups is 1. The number of carbonyl (C=O) groups is 2. The van der Waals surface area contributed by atoms with Crippen molar-refractivity contribution in [3.8, 4) is 5.75 Å². The van der Waals surface area contributed by atoms with Crippen LogP contribution in [-0.4, -0.2) is 11.1 Å². The van der Waals surface area contributed by atoms with Gasteiger partial charge in [0, 0.05) is 5.02 Å². The number of ether oxygens (including phenoxy) is 1. The molecule has 0 unspecified atom stereocenters. The Morgan fingerprint density at radius 3 is 2.56 bits per heavy atom. The molecule has 2 amide bonds. The number of rotatable bonds is 5. The normalized spacial score (nSPS) is 14.9. The third kappa shape index (κ3) is 4.71. The molecule has 1 fully saturated rings. The van der Waals surface area contributed by atoms with Crippen LogP contribution in [0.2, 0.25) is 5.02 Å². The lowest BCUT2D eigenvalue weighted by Gasteiger charge is -2.12. The number of anilines is 1. The summed E-state index contributed by atoms with van der Waals surface area (Å²) in [5.74, 6) is 0.404. The molecule has 0 spiro atoms. The highest BCUT2D eigenvalue weighted by atomic mass is 127. The molecule has 0 N–H and O–H groups in total. The van der Waals surface area contributed by atoms with E-state index in [9.17, 15) is 9.59 Å². The summed E-state index contributed by atoms with van der Waals surface area (Å²) in [6.45, 7) is 0.454. The van der Waals surface area contributed by atoms with Crippen LogP contribution in [0.5, 0.6) is 5.75 Å². The third-order valence-electron chi connectivity index (χ3n) is 5.38. The summed E-state index contributed by atoms with van der Waals surface area (Å²) < 4.78 is 7.02. The number of amides is 2. The van der Waals surface area contributed by atoms with Crippen LogP contribution in [-0.2, 0) is 11.4 Å². The Kier molecular flexibility index (Phi) is 6.63. The highest BCUT2D eigenvalue weighted by Gasteiger charge is 2.36. The summed E-state index contributed by atoms with van der Waals surface area (Å²) in [5.41, 5.74) is 2.40. The van der Waals surface area contributed by atoms with Crippen molar-refractivity contribution in [2.45, 2.75) is 6.61 Å². The predicted molar refractivity (Wildman–Crippen MR) is 147 cm³/mol. The Labute approximate surface area is 219 Å². The Morgan fingerprint density at radius 1 is 0.941 bits per heavy atom. The maximum Gasteiger partial charge on any atom is 0.298 e. The Hall–Kier alpha value is -2.81. The van der Waals surface area contributed by atoms with Gasteiger partial charge in [-0.25, -0.2) is 4.90 Å². The maximum atomic E-state index is 12.9. The van der Waals surface area contributed by atoms with Crippen LogP contribution in [0.15, 0.2) is 89.8 Å². The molecule has 0 saturated carbocycles. The van der Waals surface area contributed by atoms with Gasteiger partial charge < -0.3 is 4.74 Å². The average Bonchev–Trinajstić information content (AvgIpc) is 3.11. The van der Waals surface area contributed by atoms with E-state index < -0.39 is 0 Å². The van der Waals surface area contributed by atoms with Crippen molar-refractivity contribution in [1.29, 1.82) is 0 Å². The number of imide groups is 1. The molecule has 5 rings (SSSR count). The van der Waals surface area contributed by atoms with Crippen molar-refractivity contribution in [2.24, 2.45) is 0 Å². The van der Waals surface area contributed by atoms with Crippen molar-refractivity contribution >= 4 is 79.6 Å². The van der Waals surface area contributed by atoms with Gasteiger partial charge in [-0.2, -0.15) is 0 Å². The number of hydrogen-bond acceptors (Lipinski definition) is 4. The molecule has 1 aliphatic rings. The quantitative estimate of drug-likeness (QED) is 0.173. The van der Waals surface area contributed by atoms with Crippen molar-refractivity contribution in [3.63, 3.8) is 0 Å². The van der Waals surface area contributed by atoms with Gasteiger partial charge in [0.15, 0.2) is 0 Å². The molecule has 4 aromatic carbocycles. The molecule has 168 valence electrons. The van der Waals surface area contributed by atoms with E-state index >= 15 is 0 Å². The van der Waals surface area contributed by atoms with Crippen LogP contribution in [0.1, 0.15) is 11.1 Å². The fourth-order valence-electron chi connectivity index (χ4n) is 3.75. The number of fused-ring (bicyclic) bond motifs is 1. The summed E-state index contributed by atoms with van der Waals surface area (Å²) in [5, 5.41) is 2.48.